The minimum absolute atomic E-state index is 0.702. The van der Waals surface area contributed by atoms with Crippen LogP contribution >= 0.6 is 0 Å². The normalized spacial score (nSPS) is 10.2. The van der Waals surface area contributed by atoms with Gasteiger partial charge in [-0.25, -0.2) is 0 Å². The van der Waals surface area contributed by atoms with E-state index in [0.717, 1.165) is 24.4 Å². The maximum atomic E-state index is 5.99. The number of nitrogens with one attached hydrogen (secondary N) is 1. The maximum Gasteiger partial charge on any atom is 0.121 e. The van der Waals surface area contributed by atoms with Gasteiger partial charge in [0.15, 0.2) is 0 Å². The summed E-state index contributed by atoms with van der Waals surface area (Å²) < 4.78 is 5.14. The molecule has 0 spiro atoms. The van der Waals surface area contributed by atoms with Crippen LogP contribution < -0.4 is 15.8 Å². The molecule has 3 N–H and O–H groups in total. The molecule has 0 saturated heterocycles. The Hall–Kier alpha value is -2.16. The number of anilines is 2. The number of ether oxygens (including phenoxy) is 1. The summed E-state index contributed by atoms with van der Waals surface area (Å²) >= 11 is 0. The zero-order valence-corrected chi connectivity index (χ0v) is 11.4. The monoisotopic (exact) mass is 256 g/mol. The minimum atomic E-state index is 0.702. The van der Waals surface area contributed by atoms with E-state index in [1.165, 1.54) is 11.1 Å². The topological polar surface area (TPSA) is 47.3 Å². The van der Waals surface area contributed by atoms with Crippen molar-refractivity contribution >= 4 is 11.4 Å². The van der Waals surface area contributed by atoms with E-state index in [1.807, 2.05) is 18.2 Å². The second kappa shape index (κ2) is 6.14. The van der Waals surface area contributed by atoms with E-state index < -0.39 is 0 Å². The Labute approximate surface area is 114 Å². The Morgan fingerprint density at radius 2 is 1.84 bits per heavy atom. The summed E-state index contributed by atoms with van der Waals surface area (Å²) in [5.74, 6) is 0.775. The third kappa shape index (κ3) is 3.19. The Morgan fingerprint density at radius 3 is 2.47 bits per heavy atom. The molecule has 2 aromatic rings. The van der Waals surface area contributed by atoms with Gasteiger partial charge in [0.25, 0.3) is 0 Å². The first-order chi connectivity index (χ1) is 9.24. The summed E-state index contributed by atoms with van der Waals surface area (Å²) in [6.45, 7) is 2.95. The van der Waals surface area contributed by atoms with Crippen LogP contribution in [0, 0.1) is 0 Å². The zero-order chi connectivity index (χ0) is 13.7. The number of nitrogen functional groups attached to an aromatic ring is 1. The van der Waals surface area contributed by atoms with E-state index in [-0.39, 0.29) is 0 Å². The van der Waals surface area contributed by atoms with E-state index in [9.17, 15) is 0 Å². The number of hydrogen-bond donors (Lipinski definition) is 2. The molecule has 0 aromatic heterocycles. The molecule has 0 aliphatic heterocycles. The molecule has 0 saturated carbocycles. The molecule has 0 amide bonds. The smallest absolute Gasteiger partial charge is 0.121 e. The van der Waals surface area contributed by atoms with Gasteiger partial charge in [0, 0.05) is 12.6 Å². The highest BCUT2D eigenvalue weighted by molar-refractivity contribution is 5.68. The summed E-state index contributed by atoms with van der Waals surface area (Å²) in [5.41, 5.74) is 10.3. The minimum Gasteiger partial charge on any atom is -0.497 e. The third-order valence-corrected chi connectivity index (χ3v) is 3.23. The van der Waals surface area contributed by atoms with Gasteiger partial charge < -0.3 is 15.8 Å². The largest absolute Gasteiger partial charge is 0.497 e. The van der Waals surface area contributed by atoms with Crippen LogP contribution in [0.2, 0.25) is 0 Å². The van der Waals surface area contributed by atoms with Crippen LogP contribution in [0.4, 0.5) is 11.4 Å². The Bertz CT molecular complexity index is 552. The van der Waals surface area contributed by atoms with Crippen LogP contribution in [0.5, 0.6) is 5.75 Å². The summed E-state index contributed by atoms with van der Waals surface area (Å²) in [6, 6.07) is 14.1. The number of rotatable bonds is 5. The highest BCUT2D eigenvalue weighted by Crippen LogP contribution is 2.24. The molecule has 3 nitrogen and oxygen atoms in total. The second-order valence-corrected chi connectivity index (χ2v) is 4.43. The highest BCUT2D eigenvalue weighted by Gasteiger charge is 2.03. The van der Waals surface area contributed by atoms with Crippen molar-refractivity contribution in [2.24, 2.45) is 0 Å². The van der Waals surface area contributed by atoms with Crippen LogP contribution in [0.15, 0.2) is 42.5 Å². The van der Waals surface area contributed by atoms with Gasteiger partial charge in [-0.2, -0.15) is 0 Å². The average molecular weight is 256 g/mol. The quantitative estimate of drug-likeness (QED) is 0.805. The maximum absolute atomic E-state index is 5.99. The van der Waals surface area contributed by atoms with Crippen LogP contribution in [0.25, 0.3) is 0 Å². The van der Waals surface area contributed by atoms with Crippen molar-refractivity contribution in [3.05, 3.63) is 53.6 Å². The predicted octanol–water partition coefficient (Wildman–Crippen LogP) is 3.45. The molecule has 0 radical (unpaired) electrons. The van der Waals surface area contributed by atoms with Crippen LogP contribution in [-0.4, -0.2) is 7.11 Å². The molecule has 0 heterocycles. The first-order valence-corrected chi connectivity index (χ1v) is 6.48. The molecular formula is C16H20N2O. The summed E-state index contributed by atoms with van der Waals surface area (Å²) in [6.07, 6.45) is 1.04. The van der Waals surface area contributed by atoms with Crippen molar-refractivity contribution in [1.82, 2.24) is 0 Å². The molecule has 2 aromatic carbocycles. The molecule has 0 aliphatic rings. The van der Waals surface area contributed by atoms with Crippen molar-refractivity contribution in [2.45, 2.75) is 19.9 Å². The lowest BCUT2D eigenvalue weighted by atomic mass is 10.1. The first-order valence-electron chi connectivity index (χ1n) is 6.48. The van der Waals surface area contributed by atoms with Crippen molar-refractivity contribution < 1.29 is 4.74 Å². The van der Waals surface area contributed by atoms with Crippen LogP contribution in [0.3, 0.4) is 0 Å². The lowest BCUT2D eigenvalue weighted by molar-refractivity contribution is 0.415. The molecule has 19 heavy (non-hydrogen) atoms. The average Bonchev–Trinajstić information content (AvgIpc) is 2.46. The van der Waals surface area contributed by atoms with Crippen molar-refractivity contribution in [3.63, 3.8) is 0 Å². The highest BCUT2D eigenvalue weighted by atomic mass is 16.5. The third-order valence-electron chi connectivity index (χ3n) is 3.23. The van der Waals surface area contributed by atoms with Gasteiger partial charge in [0.2, 0.25) is 0 Å². The van der Waals surface area contributed by atoms with Gasteiger partial charge in [0.1, 0.15) is 5.75 Å². The summed E-state index contributed by atoms with van der Waals surface area (Å²) in [4.78, 5) is 0. The zero-order valence-electron chi connectivity index (χ0n) is 11.4. The van der Waals surface area contributed by atoms with Crippen LogP contribution in [0.1, 0.15) is 18.1 Å². The fourth-order valence-electron chi connectivity index (χ4n) is 2.09. The SMILES string of the molecule is CCc1ccccc1CNc1ccc(OC)cc1N. The van der Waals surface area contributed by atoms with Crippen LogP contribution in [-0.2, 0) is 13.0 Å². The van der Waals surface area contributed by atoms with E-state index in [0.29, 0.717) is 5.69 Å². The lowest BCUT2D eigenvalue weighted by Gasteiger charge is -2.12. The standard InChI is InChI=1S/C16H20N2O/c1-3-12-6-4-5-7-13(12)11-18-16-9-8-14(19-2)10-15(16)17/h4-10,18H,3,11,17H2,1-2H3. The fraction of sp³-hybridized carbons (Fsp3) is 0.250. The van der Waals surface area contributed by atoms with Gasteiger partial charge >= 0.3 is 0 Å². The second-order valence-electron chi connectivity index (χ2n) is 4.43. The molecule has 2 rings (SSSR count). The van der Waals surface area contributed by atoms with Gasteiger partial charge in [-0.05, 0) is 29.7 Å². The molecule has 0 atom stereocenters. The van der Waals surface area contributed by atoms with E-state index >= 15 is 0 Å². The van der Waals surface area contributed by atoms with Crippen molar-refractivity contribution in [2.75, 3.05) is 18.2 Å². The molecule has 0 bridgehead atoms. The molecule has 3 heteroatoms. The van der Waals surface area contributed by atoms with Crippen molar-refractivity contribution in [1.29, 1.82) is 0 Å². The molecule has 100 valence electrons. The van der Waals surface area contributed by atoms with Gasteiger partial charge in [-0.15, -0.1) is 0 Å². The molecule has 0 aliphatic carbocycles. The van der Waals surface area contributed by atoms with E-state index in [2.05, 4.69) is 36.5 Å². The number of hydrogen-bond acceptors (Lipinski definition) is 3. The van der Waals surface area contributed by atoms with E-state index in [4.69, 9.17) is 10.5 Å². The molecular weight excluding hydrogens is 236 g/mol. The predicted molar refractivity (Wildman–Crippen MR) is 80.6 cm³/mol. The van der Waals surface area contributed by atoms with Crippen molar-refractivity contribution in [3.8, 4) is 5.75 Å². The molecule has 0 fully saturated rings. The van der Waals surface area contributed by atoms with Gasteiger partial charge in [-0.1, -0.05) is 31.2 Å². The van der Waals surface area contributed by atoms with Gasteiger partial charge in [0.05, 0.1) is 18.5 Å². The fourth-order valence-corrected chi connectivity index (χ4v) is 2.09. The lowest BCUT2D eigenvalue weighted by Crippen LogP contribution is -2.04. The summed E-state index contributed by atoms with van der Waals surface area (Å²) in [7, 11) is 1.64. The number of methoxy groups -OCH3 is 1. The Balaban J connectivity index is 2.10. The van der Waals surface area contributed by atoms with E-state index in [1.54, 1.807) is 7.11 Å². The first kappa shape index (κ1) is 13.3. The number of nitrogens with two attached hydrogens (primary N) is 1. The number of aryl methyl sites for hydroxylation is 1. The Morgan fingerprint density at radius 1 is 1.11 bits per heavy atom. The summed E-state index contributed by atoms with van der Waals surface area (Å²) in [5, 5.41) is 3.37. The van der Waals surface area contributed by atoms with Gasteiger partial charge in [-0.3, -0.25) is 0 Å². The molecule has 0 unspecified atom stereocenters. The number of benzene rings is 2. The Kier molecular flexibility index (Phi) is 4.29.